The topological polar surface area (TPSA) is 15.3 Å². The Morgan fingerprint density at radius 2 is 1.50 bits per heavy atom. The van der Waals surface area contributed by atoms with Gasteiger partial charge in [-0.05, 0) is 43.0 Å². The first kappa shape index (κ1) is 24.8. The highest BCUT2D eigenvalue weighted by atomic mass is 35.5. The van der Waals surface area contributed by atoms with Crippen molar-refractivity contribution in [3.63, 3.8) is 0 Å². The number of rotatable bonds is 7. The van der Waals surface area contributed by atoms with Crippen LogP contribution in [0.15, 0.2) is 30.9 Å². The molecule has 0 amide bonds. The third-order valence-electron chi connectivity index (χ3n) is 4.72. The molecule has 9 heteroatoms. The van der Waals surface area contributed by atoms with Crippen LogP contribution in [-0.2, 0) is 12.4 Å². The predicted octanol–water partition coefficient (Wildman–Crippen LogP) is 5.84. The van der Waals surface area contributed by atoms with Crippen molar-refractivity contribution in [1.29, 1.82) is 0 Å². The molecule has 28 heavy (non-hydrogen) atoms. The number of nitrogens with one attached hydrogen (secondary N) is 1. The minimum atomic E-state index is -4.83. The Bertz CT molecular complexity index is 592. The van der Waals surface area contributed by atoms with Crippen LogP contribution in [0.1, 0.15) is 48.4 Å². The lowest BCUT2D eigenvalue weighted by Gasteiger charge is -2.36. The van der Waals surface area contributed by atoms with Crippen LogP contribution in [0.25, 0.3) is 0 Å². The number of nitrogens with zero attached hydrogens (tertiary/aromatic N) is 1. The number of unbranched alkanes of at least 4 members (excludes halogenated alkanes) is 2. The normalized spacial score (nSPS) is 17.1. The van der Waals surface area contributed by atoms with Crippen molar-refractivity contribution in [1.82, 2.24) is 10.2 Å². The molecule has 1 atom stereocenters. The van der Waals surface area contributed by atoms with Crippen molar-refractivity contribution in [3.8, 4) is 0 Å². The Morgan fingerprint density at radius 1 is 0.964 bits per heavy atom. The number of halogens is 7. The first-order chi connectivity index (χ1) is 12.6. The van der Waals surface area contributed by atoms with Gasteiger partial charge >= 0.3 is 12.4 Å². The molecule has 0 unspecified atom stereocenters. The van der Waals surface area contributed by atoms with E-state index in [1.54, 1.807) is 6.08 Å². The fraction of sp³-hybridized carbons (Fsp3) is 0.579. The average Bonchev–Trinajstić information content (AvgIpc) is 2.60. The molecule has 0 bridgehead atoms. The highest BCUT2D eigenvalue weighted by Crippen LogP contribution is 2.39. The van der Waals surface area contributed by atoms with Crippen LogP contribution in [0.3, 0.4) is 0 Å². The molecular formula is C19H25ClF6N2. The first-order valence-electron chi connectivity index (χ1n) is 8.98. The van der Waals surface area contributed by atoms with E-state index in [0.717, 1.165) is 25.0 Å². The van der Waals surface area contributed by atoms with Crippen molar-refractivity contribution in [3.05, 3.63) is 47.5 Å². The molecule has 160 valence electrons. The maximum atomic E-state index is 13.2. The Hall–Kier alpha value is -1.25. The van der Waals surface area contributed by atoms with Gasteiger partial charge < -0.3 is 5.32 Å². The summed E-state index contributed by atoms with van der Waals surface area (Å²) in [5.74, 6) is 0. The molecule has 1 heterocycles. The lowest BCUT2D eigenvalue weighted by atomic mass is 9.94. The molecule has 0 aromatic heterocycles. The van der Waals surface area contributed by atoms with E-state index < -0.39 is 29.5 Å². The summed E-state index contributed by atoms with van der Waals surface area (Å²) in [4.78, 5) is 1.97. The van der Waals surface area contributed by atoms with Crippen LogP contribution in [0.4, 0.5) is 26.3 Å². The number of piperazine rings is 1. The van der Waals surface area contributed by atoms with Crippen molar-refractivity contribution in [2.24, 2.45) is 0 Å². The molecular weight excluding hydrogens is 406 g/mol. The minimum absolute atomic E-state index is 0. The van der Waals surface area contributed by atoms with Gasteiger partial charge in [0.15, 0.2) is 0 Å². The van der Waals surface area contributed by atoms with Gasteiger partial charge in [-0.25, -0.2) is 0 Å². The Balaban J connectivity index is 0.00000392. The minimum Gasteiger partial charge on any atom is -0.314 e. The first-order valence-corrected chi connectivity index (χ1v) is 8.98. The number of alkyl halides is 6. The molecule has 1 aliphatic heterocycles. The van der Waals surface area contributed by atoms with Gasteiger partial charge in [0, 0.05) is 32.2 Å². The van der Waals surface area contributed by atoms with Crippen LogP contribution in [0.5, 0.6) is 0 Å². The summed E-state index contributed by atoms with van der Waals surface area (Å²) >= 11 is 0. The predicted molar refractivity (Wildman–Crippen MR) is 99.5 cm³/mol. The molecule has 2 nitrogen and oxygen atoms in total. The molecule has 1 fully saturated rings. The smallest absolute Gasteiger partial charge is 0.314 e. The summed E-state index contributed by atoms with van der Waals surface area (Å²) in [5, 5.41) is 3.15. The second-order valence-corrected chi connectivity index (χ2v) is 6.71. The van der Waals surface area contributed by atoms with Crippen molar-refractivity contribution in [2.75, 3.05) is 26.2 Å². The molecule has 0 spiro atoms. The maximum Gasteiger partial charge on any atom is 0.416 e. The van der Waals surface area contributed by atoms with Gasteiger partial charge in [-0.1, -0.05) is 12.5 Å². The van der Waals surface area contributed by atoms with Crippen LogP contribution in [0.2, 0.25) is 0 Å². The largest absolute Gasteiger partial charge is 0.416 e. The van der Waals surface area contributed by atoms with Gasteiger partial charge in [-0.3, -0.25) is 4.90 Å². The van der Waals surface area contributed by atoms with E-state index in [1.807, 2.05) is 4.90 Å². The van der Waals surface area contributed by atoms with E-state index in [0.29, 0.717) is 39.0 Å². The van der Waals surface area contributed by atoms with Gasteiger partial charge in [-0.2, -0.15) is 26.3 Å². The zero-order chi connectivity index (χ0) is 20.1. The summed E-state index contributed by atoms with van der Waals surface area (Å²) in [7, 11) is 0. The summed E-state index contributed by atoms with van der Waals surface area (Å²) < 4.78 is 79.2. The number of hydrogen-bond acceptors (Lipinski definition) is 2. The van der Waals surface area contributed by atoms with E-state index in [1.165, 1.54) is 0 Å². The van der Waals surface area contributed by atoms with E-state index in [2.05, 4.69) is 11.9 Å². The second-order valence-electron chi connectivity index (χ2n) is 6.71. The molecule has 0 aliphatic carbocycles. The second kappa shape index (κ2) is 10.5. The molecule has 2 rings (SSSR count). The van der Waals surface area contributed by atoms with Crippen LogP contribution >= 0.6 is 12.4 Å². The quantitative estimate of drug-likeness (QED) is 0.332. The lowest BCUT2D eigenvalue weighted by molar-refractivity contribution is -0.143. The monoisotopic (exact) mass is 430 g/mol. The van der Waals surface area contributed by atoms with E-state index in [9.17, 15) is 26.3 Å². The SMILES string of the molecule is C=CCCCC[C@@H](c1cc(C(F)(F)F)cc(C(F)(F)F)c1)N1CCNCC1.Cl. The van der Waals surface area contributed by atoms with Crippen LogP contribution in [-0.4, -0.2) is 31.1 Å². The van der Waals surface area contributed by atoms with Gasteiger partial charge in [0.1, 0.15) is 0 Å². The molecule has 0 radical (unpaired) electrons. The molecule has 0 saturated carbocycles. The zero-order valence-corrected chi connectivity index (χ0v) is 16.2. The Morgan fingerprint density at radius 3 is 1.96 bits per heavy atom. The number of allylic oxidation sites excluding steroid dienone is 1. The highest BCUT2D eigenvalue weighted by Gasteiger charge is 2.38. The summed E-state index contributed by atoms with van der Waals surface area (Å²) in [5.41, 5.74) is -2.42. The average molecular weight is 431 g/mol. The van der Waals surface area contributed by atoms with Gasteiger partial charge in [0.25, 0.3) is 0 Å². The molecule has 1 aromatic rings. The molecule has 1 saturated heterocycles. The summed E-state index contributed by atoms with van der Waals surface area (Å²) in [6.45, 7) is 6.13. The van der Waals surface area contributed by atoms with Crippen molar-refractivity contribution in [2.45, 2.75) is 44.1 Å². The summed E-state index contributed by atoms with van der Waals surface area (Å²) in [6, 6.07) is 1.46. The highest BCUT2D eigenvalue weighted by molar-refractivity contribution is 5.85. The molecule has 1 aliphatic rings. The van der Waals surface area contributed by atoms with Crippen molar-refractivity contribution >= 4 is 12.4 Å². The van der Waals surface area contributed by atoms with Crippen molar-refractivity contribution < 1.29 is 26.3 Å². The number of benzene rings is 1. The van der Waals surface area contributed by atoms with Gasteiger partial charge in [0.2, 0.25) is 0 Å². The Kier molecular flexibility index (Phi) is 9.30. The number of hydrogen-bond donors (Lipinski definition) is 1. The summed E-state index contributed by atoms with van der Waals surface area (Å²) in [6.07, 6.45) is -5.11. The fourth-order valence-electron chi connectivity index (χ4n) is 3.35. The molecule has 1 N–H and O–H groups in total. The van der Waals surface area contributed by atoms with Crippen LogP contribution < -0.4 is 5.32 Å². The fourth-order valence-corrected chi connectivity index (χ4v) is 3.35. The third-order valence-corrected chi connectivity index (χ3v) is 4.72. The third kappa shape index (κ3) is 6.97. The maximum absolute atomic E-state index is 13.2. The van der Waals surface area contributed by atoms with E-state index in [4.69, 9.17) is 0 Å². The van der Waals surface area contributed by atoms with Gasteiger partial charge in [-0.15, -0.1) is 19.0 Å². The standard InChI is InChI=1S/C19H24F6N2.ClH/c1-2-3-4-5-6-17(27-9-7-26-8-10-27)14-11-15(18(20,21)22)13-16(12-14)19(23,24)25;/h2,11-13,17,26H,1,3-10H2;1H/t17-;/m0./s1. The van der Waals surface area contributed by atoms with E-state index in [-0.39, 0.29) is 24.0 Å². The van der Waals surface area contributed by atoms with Crippen LogP contribution in [0, 0.1) is 0 Å². The zero-order valence-electron chi connectivity index (χ0n) is 15.4. The lowest BCUT2D eigenvalue weighted by Crippen LogP contribution is -2.45. The van der Waals surface area contributed by atoms with Gasteiger partial charge in [0.05, 0.1) is 11.1 Å². The molecule has 1 aromatic carbocycles. The van der Waals surface area contributed by atoms with E-state index >= 15 is 0 Å². The Labute approximate surface area is 167 Å².